The van der Waals surface area contributed by atoms with E-state index in [0.29, 0.717) is 13.0 Å². The lowest BCUT2D eigenvalue weighted by atomic mass is 10.0. The fraction of sp³-hybridized carbons (Fsp3) is 0.529. The van der Waals surface area contributed by atoms with Crippen LogP contribution in [0.4, 0.5) is 0 Å². The van der Waals surface area contributed by atoms with Gasteiger partial charge in [-0.15, -0.1) is 0 Å². The fourth-order valence-corrected chi connectivity index (χ4v) is 2.79. The highest BCUT2D eigenvalue weighted by molar-refractivity contribution is 5.77. The zero-order chi connectivity index (χ0) is 16.8. The number of nitrogens with zero attached hydrogens (tertiary/aromatic N) is 1. The van der Waals surface area contributed by atoms with Gasteiger partial charge in [-0.1, -0.05) is 6.07 Å². The van der Waals surface area contributed by atoms with Crippen molar-refractivity contribution in [3.63, 3.8) is 0 Å². The van der Waals surface area contributed by atoms with Crippen LogP contribution in [0.25, 0.3) is 0 Å². The molecule has 0 spiro atoms. The third-order valence-corrected chi connectivity index (χ3v) is 3.94. The summed E-state index contributed by atoms with van der Waals surface area (Å²) >= 11 is 0. The molecule has 23 heavy (non-hydrogen) atoms. The van der Waals surface area contributed by atoms with Gasteiger partial charge in [0.1, 0.15) is 0 Å². The number of hydrogen-bond donors (Lipinski definition) is 1. The summed E-state index contributed by atoms with van der Waals surface area (Å²) in [6.07, 6.45) is 1.39. The molecule has 0 aromatic heterocycles. The maximum atomic E-state index is 12.3. The van der Waals surface area contributed by atoms with Gasteiger partial charge in [0.25, 0.3) is 0 Å². The second-order valence-electron chi connectivity index (χ2n) is 5.67. The minimum Gasteiger partial charge on any atom is -0.481 e. The van der Waals surface area contributed by atoms with Crippen LogP contribution in [0, 0.1) is 0 Å². The van der Waals surface area contributed by atoms with Crippen LogP contribution >= 0.6 is 0 Å². The molecule has 0 aliphatic carbocycles. The SMILES string of the molecule is CCN(C(=O)CCCC(=O)O)C(C)Cc1ccc2c(c1)OCO2. The van der Waals surface area contributed by atoms with Gasteiger partial charge in [0, 0.05) is 25.4 Å². The quantitative estimate of drug-likeness (QED) is 0.796. The zero-order valence-corrected chi connectivity index (χ0v) is 13.6. The standard InChI is InChI=1S/C17H23NO5/c1-3-18(16(19)5-4-6-17(20)21)12(2)9-13-7-8-14-15(10-13)23-11-22-14/h7-8,10,12H,3-6,9,11H2,1-2H3,(H,20,21). The topological polar surface area (TPSA) is 76.1 Å². The molecule has 6 nitrogen and oxygen atoms in total. The number of amides is 1. The van der Waals surface area contributed by atoms with Crippen LogP contribution in [0.1, 0.15) is 38.7 Å². The van der Waals surface area contributed by atoms with E-state index in [1.165, 1.54) is 0 Å². The molecule has 1 amide bonds. The van der Waals surface area contributed by atoms with E-state index in [0.717, 1.165) is 23.5 Å². The average Bonchev–Trinajstić information content (AvgIpc) is 2.95. The van der Waals surface area contributed by atoms with Gasteiger partial charge >= 0.3 is 5.97 Å². The molecule has 0 radical (unpaired) electrons. The Labute approximate surface area is 136 Å². The van der Waals surface area contributed by atoms with Crippen molar-refractivity contribution in [3.05, 3.63) is 23.8 Å². The van der Waals surface area contributed by atoms with E-state index in [-0.39, 0.29) is 31.6 Å². The zero-order valence-electron chi connectivity index (χ0n) is 13.6. The number of fused-ring (bicyclic) bond motifs is 1. The minimum atomic E-state index is -0.866. The summed E-state index contributed by atoms with van der Waals surface area (Å²) in [5.41, 5.74) is 1.08. The Morgan fingerprint density at radius 2 is 2.00 bits per heavy atom. The lowest BCUT2D eigenvalue weighted by molar-refractivity contribution is -0.137. The predicted octanol–water partition coefficient (Wildman–Crippen LogP) is 2.45. The maximum Gasteiger partial charge on any atom is 0.303 e. The number of carbonyl (C=O) groups is 2. The molecule has 6 heteroatoms. The van der Waals surface area contributed by atoms with Crippen LogP contribution in [0.5, 0.6) is 11.5 Å². The molecule has 1 heterocycles. The number of aliphatic carboxylic acids is 1. The lowest BCUT2D eigenvalue weighted by Gasteiger charge is -2.28. The van der Waals surface area contributed by atoms with Crippen molar-refractivity contribution in [2.45, 2.75) is 45.6 Å². The third kappa shape index (κ3) is 4.61. The highest BCUT2D eigenvalue weighted by Gasteiger charge is 2.20. The average molecular weight is 321 g/mol. The lowest BCUT2D eigenvalue weighted by Crippen LogP contribution is -2.39. The summed E-state index contributed by atoms with van der Waals surface area (Å²) in [6.45, 7) is 4.80. The summed E-state index contributed by atoms with van der Waals surface area (Å²) in [5, 5.41) is 8.66. The molecule has 1 aromatic rings. The molecule has 0 bridgehead atoms. The Kier molecular flexibility index (Phi) is 5.84. The van der Waals surface area contributed by atoms with Crippen molar-refractivity contribution in [1.82, 2.24) is 4.90 Å². The van der Waals surface area contributed by atoms with E-state index in [9.17, 15) is 9.59 Å². The molecule has 1 aliphatic rings. The second kappa shape index (κ2) is 7.85. The number of carboxylic acids is 1. The minimum absolute atomic E-state index is 0.00185. The van der Waals surface area contributed by atoms with Gasteiger partial charge in [-0.25, -0.2) is 0 Å². The fourth-order valence-electron chi connectivity index (χ4n) is 2.79. The molecular weight excluding hydrogens is 298 g/mol. The third-order valence-electron chi connectivity index (χ3n) is 3.94. The number of ether oxygens (including phenoxy) is 2. The Bertz CT molecular complexity index is 572. The highest BCUT2D eigenvalue weighted by atomic mass is 16.7. The van der Waals surface area contributed by atoms with E-state index >= 15 is 0 Å². The molecule has 126 valence electrons. The normalized spacial score (nSPS) is 13.7. The molecule has 1 atom stereocenters. The van der Waals surface area contributed by atoms with Crippen molar-refractivity contribution < 1.29 is 24.2 Å². The monoisotopic (exact) mass is 321 g/mol. The molecule has 0 saturated carbocycles. The molecule has 1 unspecified atom stereocenters. The smallest absolute Gasteiger partial charge is 0.303 e. The largest absolute Gasteiger partial charge is 0.481 e. The van der Waals surface area contributed by atoms with Gasteiger partial charge in [0.2, 0.25) is 12.7 Å². The predicted molar refractivity (Wildman–Crippen MR) is 84.6 cm³/mol. The van der Waals surface area contributed by atoms with Gasteiger partial charge in [-0.05, 0) is 44.4 Å². The highest BCUT2D eigenvalue weighted by Crippen LogP contribution is 2.33. The van der Waals surface area contributed by atoms with E-state index in [1.54, 1.807) is 4.90 Å². The number of hydrogen-bond acceptors (Lipinski definition) is 4. The van der Waals surface area contributed by atoms with Crippen LogP contribution in [0.15, 0.2) is 18.2 Å². The van der Waals surface area contributed by atoms with Crippen LogP contribution < -0.4 is 9.47 Å². The van der Waals surface area contributed by atoms with Crippen molar-refractivity contribution in [1.29, 1.82) is 0 Å². The van der Waals surface area contributed by atoms with Crippen LogP contribution in [0.3, 0.4) is 0 Å². The van der Waals surface area contributed by atoms with Gasteiger partial charge in [0.05, 0.1) is 0 Å². The van der Waals surface area contributed by atoms with Gasteiger partial charge < -0.3 is 19.5 Å². The van der Waals surface area contributed by atoms with Crippen molar-refractivity contribution >= 4 is 11.9 Å². The first-order valence-corrected chi connectivity index (χ1v) is 7.91. The molecule has 1 aromatic carbocycles. The number of carboxylic acid groups (broad SMARTS) is 1. The first kappa shape index (κ1) is 17.1. The van der Waals surface area contributed by atoms with Gasteiger partial charge in [-0.3, -0.25) is 9.59 Å². The number of rotatable bonds is 8. The van der Waals surface area contributed by atoms with E-state index in [4.69, 9.17) is 14.6 Å². The summed E-state index contributed by atoms with van der Waals surface area (Å²) in [5.74, 6) is 0.625. The molecule has 1 N–H and O–H groups in total. The summed E-state index contributed by atoms with van der Waals surface area (Å²) in [6, 6.07) is 5.85. The number of likely N-dealkylation sites (N-methyl/N-ethyl adjacent to an activating group) is 1. The Morgan fingerprint density at radius 1 is 1.26 bits per heavy atom. The second-order valence-corrected chi connectivity index (χ2v) is 5.67. The van der Waals surface area contributed by atoms with Crippen molar-refractivity contribution in [2.24, 2.45) is 0 Å². The first-order valence-electron chi connectivity index (χ1n) is 7.91. The molecule has 2 rings (SSSR count). The molecule has 0 saturated heterocycles. The van der Waals surface area contributed by atoms with E-state index in [1.807, 2.05) is 32.0 Å². The van der Waals surface area contributed by atoms with E-state index in [2.05, 4.69) is 0 Å². The van der Waals surface area contributed by atoms with Gasteiger partial charge in [0.15, 0.2) is 11.5 Å². The number of carbonyl (C=O) groups excluding carboxylic acids is 1. The maximum absolute atomic E-state index is 12.3. The Morgan fingerprint density at radius 3 is 2.70 bits per heavy atom. The van der Waals surface area contributed by atoms with E-state index < -0.39 is 5.97 Å². The molecular formula is C17H23NO5. The van der Waals surface area contributed by atoms with Gasteiger partial charge in [-0.2, -0.15) is 0 Å². The van der Waals surface area contributed by atoms with Crippen LogP contribution in [-0.2, 0) is 16.0 Å². The first-order chi connectivity index (χ1) is 11.0. The van der Waals surface area contributed by atoms with Crippen molar-refractivity contribution in [3.8, 4) is 11.5 Å². The van der Waals surface area contributed by atoms with Crippen molar-refractivity contribution in [2.75, 3.05) is 13.3 Å². The van der Waals surface area contributed by atoms with Crippen LogP contribution in [0.2, 0.25) is 0 Å². The molecule has 1 aliphatic heterocycles. The Balaban J connectivity index is 1.92. The number of benzene rings is 1. The molecule has 0 fully saturated rings. The summed E-state index contributed by atoms with van der Waals surface area (Å²) in [4.78, 5) is 24.6. The van der Waals surface area contributed by atoms with Crippen LogP contribution in [-0.4, -0.2) is 41.3 Å². The summed E-state index contributed by atoms with van der Waals surface area (Å²) < 4.78 is 10.7. The summed E-state index contributed by atoms with van der Waals surface area (Å²) in [7, 11) is 0. The Hall–Kier alpha value is -2.24.